The van der Waals surface area contributed by atoms with Crippen molar-refractivity contribution in [3.8, 4) is 0 Å². The van der Waals surface area contributed by atoms with E-state index in [4.69, 9.17) is 4.74 Å². The van der Waals surface area contributed by atoms with E-state index in [0.29, 0.717) is 6.04 Å². The molecule has 0 radical (unpaired) electrons. The molecule has 4 heteroatoms. The monoisotopic (exact) mass is 214 g/mol. The zero-order valence-electron chi connectivity index (χ0n) is 8.66. The highest BCUT2D eigenvalue weighted by Crippen LogP contribution is 2.20. The maximum atomic E-state index is 5.45. The molecule has 1 saturated heterocycles. The number of hydrogen-bond donors (Lipinski definition) is 1. The molecule has 14 heavy (non-hydrogen) atoms. The molecule has 0 aliphatic carbocycles. The summed E-state index contributed by atoms with van der Waals surface area (Å²) in [5, 5.41) is 4.33. The van der Waals surface area contributed by atoms with Crippen LogP contribution < -0.4 is 5.32 Å². The van der Waals surface area contributed by atoms with E-state index in [2.05, 4.69) is 17.2 Å². The molecule has 3 nitrogen and oxygen atoms in total. The maximum Gasteiger partial charge on any atom is 0.246 e. The quantitative estimate of drug-likeness (QED) is 0.756. The van der Waals surface area contributed by atoms with Crippen LogP contribution in [0.3, 0.4) is 0 Å². The lowest BCUT2D eigenvalue weighted by Gasteiger charge is -2.21. The molecule has 0 aromatic carbocycles. The zero-order valence-corrected chi connectivity index (χ0v) is 9.48. The molecule has 0 amide bonds. The van der Waals surface area contributed by atoms with Crippen LogP contribution >= 0.6 is 11.8 Å². The highest BCUT2D eigenvalue weighted by atomic mass is 32.2. The third-order valence-corrected chi connectivity index (χ3v) is 3.72. The van der Waals surface area contributed by atoms with Gasteiger partial charge in [-0.15, -0.1) is 0 Å². The van der Waals surface area contributed by atoms with Gasteiger partial charge in [-0.1, -0.05) is 11.8 Å². The lowest BCUT2D eigenvalue weighted by atomic mass is 10.0. The first-order valence-corrected chi connectivity index (χ1v) is 6.37. The molecule has 2 atom stereocenters. The van der Waals surface area contributed by atoms with Gasteiger partial charge in [0.2, 0.25) is 5.23 Å². The third kappa shape index (κ3) is 2.89. The number of nitrogens with one attached hydrogen (secondary N) is 1. The number of nitrogens with zero attached hydrogens (tertiary/aromatic N) is 1. The van der Waals surface area contributed by atoms with Gasteiger partial charge in [-0.05, 0) is 38.8 Å². The Hall–Kier alpha value is -0.220. The van der Waals surface area contributed by atoms with Crippen molar-refractivity contribution in [2.24, 2.45) is 10.9 Å². The molecule has 2 heterocycles. The van der Waals surface area contributed by atoms with Gasteiger partial charge < -0.3 is 10.1 Å². The molecule has 80 valence electrons. The van der Waals surface area contributed by atoms with E-state index in [1.807, 2.05) is 0 Å². The summed E-state index contributed by atoms with van der Waals surface area (Å²) in [6.45, 7) is 5.21. The first-order chi connectivity index (χ1) is 6.84. The van der Waals surface area contributed by atoms with Gasteiger partial charge in [0.05, 0.1) is 6.04 Å². The Morgan fingerprint density at radius 3 is 3.21 bits per heavy atom. The Bertz CT molecular complexity index is 214. The molecule has 1 fully saturated rings. The molecule has 2 aliphatic rings. The molecular formula is C10H18N2OS. The number of rotatable bonds is 2. The fraction of sp³-hybridized carbons (Fsp3) is 0.900. The number of hydrogen-bond acceptors (Lipinski definition) is 4. The third-order valence-electron chi connectivity index (χ3n) is 2.62. The molecule has 0 bridgehead atoms. The van der Waals surface area contributed by atoms with Crippen LogP contribution in [0.5, 0.6) is 0 Å². The summed E-state index contributed by atoms with van der Waals surface area (Å²) in [7, 11) is 0. The lowest BCUT2D eigenvalue weighted by Crippen LogP contribution is -2.31. The smallest absolute Gasteiger partial charge is 0.246 e. The Morgan fingerprint density at radius 1 is 1.64 bits per heavy atom. The average Bonchev–Trinajstić information content (AvgIpc) is 2.63. The van der Waals surface area contributed by atoms with Crippen LogP contribution in [0.1, 0.15) is 19.8 Å². The molecule has 2 unspecified atom stereocenters. The van der Waals surface area contributed by atoms with Crippen molar-refractivity contribution in [2.45, 2.75) is 25.8 Å². The van der Waals surface area contributed by atoms with Gasteiger partial charge in [-0.25, -0.2) is 4.99 Å². The van der Waals surface area contributed by atoms with E-state index in [1.54, 1.807) is 11.8 Å². The number of aliphatic imine (C=N–C) groups is 1. The summed E-state index contributed by atoms with van der Waals surface area (Å²) in [5.74, 6) is 1.95. The predicted molar refractivity (Wildman–Crippen MR) is 60.9 cm³/mol. The minimum absolute atomic E-state index is 0.363. The molecular weight excluding hydrogens is 196 g/mol. The van der Waals surface area contributed by atoms with E-state index in [1.165, 1.54) is 19.4 Å². The molecule has 0 spiro atoms. The van der Waals surface area contributed by atoms with E-state index in [-0.39, 0.29) is 0 Å². The summed E-state index contributed by atoms with van der Waals surface area (Å²) >= 11 is 1.78. The van der Waals surface area contributed by atoms with Gasteiger partial charge >= 0.3 is 0 Å². The second-order valence-electron chi connectivity index (χ2n) is 4.08. The fourth-order valence-corrected chi connectivity index (χ4v) is 2.85. The van der Waals surface area contributed by atoms with Crippen LogP contribution in [0.4, 0.5) is 0 Å². The largest absolute Gasteiger partial charge is 0.471 e. The van der Waals surface area contributed by atoms with Crippen molar-refractivity contribution in [1.29, 1.82) is 0 Å². The van der Waals surface area contributed by atoms with Crippen LogP contribution in [-0.2, 0) is 4.74 Å². The lowest BCUT2D eigenvalue weighted by molar-refractivity contribution is 0.330. The highest BCUT2D eigenvalue weighted by Gasteiger charge is 2.18. The van der Waals surface area contributed by atoms with Gasteiger partial charge in [0.1, 0.15) is 6.61 Å². The Morgan fingerprint density at radius 2 is 2.57 bits per heavy atom. The van der Waals surface area contributed by atoms with Gasteiger partial charge in [0.15, 0.2) is 0 Å². The Balaban J connectivity index is 1.68. The van der Waals surface area contributed by atoms with Crippen molar-refractivity contribution in [3.63, 3.8) is 0 Å². The fourth-order valence-electron chi connectivity index (χ4n) is 1.78. The van der Waals surface area contributed by atoms with E-state index in [9.17, 15) is 0 Å². The molecule has 0 aromatic heterocycles. The molecule has 2 rings (SSSR count). The van der Waals surface area contributed by atoms with E-state index >= 15 is 0 Å². The van der Waals surface area contributed by atoms with Crippen molar-refractivity contribution >= 4 is 17.0 Å². The molecule has 2 aliphatic heterocycles. The van der Waals surface area contributed by atoms with Crippen molar-refractivity contribution in [2.75, 3.05) is 25.4 Å². The van der Waals surface area contributed by atoms with Crippen molar-refractivity contribution in [3.05, 3.63) is 0 Å². The van der Waals surface area contributed by atoms with Crippen LogP contribution in [0, 0.1) is 5.92 Å². The summed E-state index contributed by atoms with van der Waals surface area (Å²) in [6.07, 6.45) is 2.66. The minimum atomic E-state index is 0.363. The standard InChI is InChI=1S/C10H18N2OS/c1-8-6-13-10(12-8)14-7-9-3-2-4-11-5-9/h8-9,11H,2-7H2,1H3. The van der Waals surface area contributed by atoms with Gasteiger partial charge in [0.25, 0.3) is 0 Å². The summed E-state index contributed by atoms with van der Waals surface area (Å²) in [4.78, 5) is 4.41. The molecule has 0 saturated carbocycles. The summed E-state index contributed by atoms with van der Waals surface area (Å²) < 4.78 is 5.45. The Labute approximate surface area is 89.7 Å². The van der Waals surface area contributed by atoms with Crippen LogP contribution in [-0.4, -0.2) is 36.7 Å². The van der Waals surface area contributed by atoms with Crippen molar-refractivity contribution < 1.29 is 4.74 Å². The number of ether oxygens (including phenoxy) is 1. The molecule has 0 aromatic rings. The first-order valence-electron chi connectivity index (χ1n) is 5.38. The zero-order chi connectivity index (χ0) is 9.80. The Kier molecular flexibility index (Phi) is 3.70. The minimum Gasteiger partial charge on any atom is -0.471 e. The van der Waals surface area contributed by atoms with E-state index < -0.39 is 0 Å². The highest BCUT2D eigenvalue weighted by molar-refractivity contribution is 8.13. The van der Waals surface area contributed by atoms with Gasteiger partial charge in [0, 0.05) is 5.75 Å². The maximum absolute atomic E-state index is 5.45. The van der Waals surface area contributed by atoms with Gasteiger partial charge in [-0.2, -0.15) is 0 Å². The molecule has 1 N–H and O–H groups in total. The van der Waals surface area contributed by atoms with Crippen LogP contribution in [0.2, 0.25) is 0 Å². The topological polar surface area (TPSA) is 33.6 Å². The van der Waals surface area contributed by atoms with Gasteiger partial charge in [-0.3, -0.25) is 0 Å². The second-order valence-corrected chi connectivity index (χ2v) is 5.05. The first kappa shape index (κ1) is 10.3. The van der Waals surface area contributed by atoms with Crippen LogP contribution in [0.25, 0.3) is 0 Å². The SMILES string of the molecule is CC1COC(SCC2CCCNC2)=N1. The normalized spacial score (nSPS) is 32.5. The second kappa shape index (κ2) is 5.03. The number of piperidine rings is 1. The summed E-state index contributed by atoms with van der Waals surface area (Å²) in [6, 6.07) is 0.363. The van der Waals surface area contributed by atoms with E-state index in [0.717, 1.165) is 30.1 Å². The van der Waals surface area contributed by atoms with Crippen LogP contribution in [0.15, 0.2) is 4.99 Å². The number of thioether (sulfide) groups is 1. The van der Waals surface area contributed by atoms with Crippen molar-refractivity contribution in [1.82, 2.24) is 5.32 Å². The predicted octanol–water partition coefficient (Wildman–Crippen LogP) is 1.49. The summed E-state index contributed by atoms with van der Waals surface area (Å²) in [5.41, 5.74) is 0. The average molecular weight is 214 g/mol.